The van der Waals surface area contributed by atoms with Crippen molar-refractivity contribution < 1.29 is 17.9 Å². The summed E-state index contributed by atoms with van der Waals surface area (Å²) in [7, 11) is -3.54. The monoisotopic (exact) mass is 417 g/mol. The summed E-state index contributed by atoms with van der Waals surface area (Å²) in [5, 5.41) is 6.03. The van der Waals surface area contributed by atoms with Crippen molar-refractivity contribution in [1.82, 2.24) is 4.31 Å². The number of nitrogens with zero attached hydrogens (tertiary/aromatic N) is 1. The van der Waals surface area contributed by atoms with E-state index in [9.17, 15) is 13.2 Å². The maximum atomic E-state index is 12.7. The van der Waals surface area contributed by atoms with Gasteiger partial charge in [0.15, 0.2) is 0 Å². The molecule has 2 N–H and O–H groups in total. The highest BCUT2D eigenvalue weighted by molar-refractivity contribution is 7.89. The summed E-state index contributed by atoms with van der Waals surface area (Å²) in [6, 6.07) is 11.8. The van der Waals surface area contributed by atoms with Crippen LogP contribution in [0.25, 0.3) is 0 Å². The molecule has 29 heavy (non-hydrogen) atoms. The molecular weight excluding hydrogens is 390 g/mol. The van der Waals surface area contributed by atoms with Gasteiger partial charge in [0.1, 0.15) is 6.04 Å². The highest BCUT2D eigenvalue weighted by atomic mass is 32.2. The van der Waals surface area contributed by atoms with Crippen LogP contribution in [0.2, 0.25) is 0 Å². The van der Waals surface area contributed by atoms with Crippen molar-refractivity contribution in [3.63, 3.8) is 0 Å². The normalized spacial score (nSPS) is 16.2. The highest BCUT2D eigenvalue weighted by Crippen LogP contribution is 2.20. The molecule has 156 valence electrons. The third kappa shape index (κ3) is 5.14. The molecule has 0 spiro atoms. The number of carbonyl (C=O) groups is 1. The van der Waals surface area contributed by atoms with Crippen molar-refractivity contribution in [2.24, 2.45) is 0 Å². The van der Waals surface area contributed by atoms with Gasteiger partial charge < -0.3 is 15.4 Å². The molecule has 0 bridgehead atoms. The minimum Gasteiger partial charge on any atom is -0.379 e. The first-order valence-corrected chi connectivity index (χ1v) is 11.0. The van der Waals surface area contributed by atoms with E-state index in [0.717, 1.165) is 16.8 Å². The Morgan fingerprint density at radius 3 is 2.34 bits per heavy atom. The van der Waals surface area contributed by atoms with E-state index >= 15 is 0 Å². The number of morpholine rings is 1. The number of sulfonamides is 1. The Morgan fingerprint density at radius 1 is 1.07 bits per heavy atom. The number of rotatable bonds is 6. The molecule has 0 aliphatic carbocycles. The molecule has 0 unspecified atom stereocenters. The van der Waals surface area contributed by atoms with Crippen LogP contribution in [0.15, 0.2) is 47.4 Å². The first kappa shape index (κ1) is 21.3. The molecular formula is C21H27N3O4S. The molecule has 8 heteroatoms. The molecule has 1 aliphatic rings. The van der Waals surface area contributed by atoms with E-state index in [4.69, 9.17) is 4.74 Å². The predicted octanol–water partition coefficient (Wildman–Crippen LogP) is 2.76. The first-order chi connectivity index (χ1) is 13.8. The number of hydrogen-bond acceptors (Lipinski definition) is 5. The van der Waals surface area contributed by atoms with Crippen LogP contribution >= 0.6 is 0 Å². The van der Waals surface area contributed by atoms with E-state index in [1.54, 1.807) is 19.1 Å². The molecule has 1 atom stereocenters. The van der Waals surface area contributed by atoms with Crippen LogP contribution in [0.1, 0.15) is 18.1 Å². The molecule has 0 saturated carbocycles. The van der Waals surface area contributed by atoms with Crippen LogP contribution in [0.5, 0.6) is 0 Å². The fourth-order valence-corrected chi connectivity index (χ4v) is 4.58. The number of ether oxygens (including phenoxy) is 1. The molecule has 7 nitrogen and oxygen atoms in total. The van der Waals surface area contributed by atoms with Crippen molar-refractivity contribution in [3.05, 3.63) is 53.6 Å². The van der Waals surface area contributed by atoms with Crippen LogP contribution in [0.4, 0.5) is 11.4 Å². The lowest BCUT2D eigenvalue weighted by molar-refractivity contribution is -0.116. The van der Waals surface area contributed by atoms with Gasteiger partial charge in [-0.05, 0) is 56.7 Å². The van der Waals surface area contributed by atoms with Gasteiger partial charge in [0.2, 0.25) is 15.9 Å². The maximum absolute atomic E-state index is 12.7. The summed E-state index contributed by atoms with van der Waals surface area (Å²) in [6.45, 7) is 7.30. The standard InChI is InChI=1S/C21H27N3O4S/c1-15-4-9-20(16(2)14-15)22-17(3)21(25)23-18-5-7-19(8-6-18)29(26,27)24-10-12-28-13-11-24/h4-9,14,17,22H,10-13H2,1-3H3,(H,23,25)/t17-/m0/s1. The van der Waals surface area contributed by atoms with E-state index in [2.05, 4.69) is 16.7 Å². The topological polar surface area (TPSA) is 87.7 Å². The van der Waals surface area contributed by atoms with E-state index in [0.29, 0.717) is 32.0 Å². The quantitative estimate of drug-likeness (QED) is 0.755. The zero-order chi connectivity index (χ0) is 21.0. The molecule has 0 radical (unpaired) electrons. The number of benzene rings is 2. The fourth-order valence-electron chi connectivity index (χ4n) is 3.17. The zero-order valence-corrected chi connectivity index (χ0v) is 17.8. The molecule has 1 aliphatic heterocycles. The van der Waals surface area contributed by atoms with Gasteiger partial charge in [-0.25, -0.2) is 8.42 Å². The fraction of sp³-hybridized carbons (Fsp3) is 0.381. The molecule has 1 amide bonds. The van der Waals surface area contributed by atoms with E-state index in [1.165, 1.54) is 16.4 Å². The number of nitrogens with one attached hydrogen (secondary N) is 2. The van der Waals surface area contributed by atoms with Crippen molar-refractivity contribution in [2.75, 3.05) is 36.9 Å². The maximum Gasteiger partial charge on any atom is 0.246 e. The molecule has 2 aromatic rings. The van der Waals surface area contributed by atoms with E-state index < -0.39 is 16.1 Å². The third-order valence-corrected chi connectivity index (χ3v) is 6.79. The highest BCUT2D eigenvalue weighted by Gasteiger charge is 2.26. The number of amides is 1. The smallest absolute Gasteiger partial charge is 0.246 e. The lowest BCUT2D eigenvalue weighted by Gasteiger charge is -2.26. The Hall–Kier alpha value is -2.42. The van der Waals surface area contributed by atoms with E-state index in [1.807, 2.05) is 26.0 Å². The Balaban J connectivity index is 1.63. The van der Waals surface area contributed by atoms with Gasteiger partial charge in [0, 0.05) is 24.5 Å². The van der Waals surface area contributed by atoms with Crippen LogP contribution < -0.4 is 10.6 Å². The number of carbonyl (C=O) groups excluding carboxylic acids is 1. The second-order valence-corrected chi connectivity index (χ2v) is 9.15. The average molecular weight is 418 g/mol. The predicted molar refractivity (Wildman–Crippen MR) is 114 cm³/mol. The lowest BCUT2D eigenvalue weighted by atomic mass is 10.1. The summed E-state index contributed by atoms with van der Waals surface area (Å²) >= 11 is 0. The number of aryl methyl sites for hydroxylation is 2. The SMILES string of the molecule is Cc1ccc(N[C@@H](C)C(=O)Nc2ccc(S(=O)(=O)N3CCOCC3)cc2)c(C)c1. The second-order valence-electron chi connectivity index (χ2n) is 7.21. The van der Waals surface area contributed by atoms with E-state index in [-0.39, 0.29) is 10.8 Å². The summed E-state index contributed by atoms with van der Waals surface area (Å²) < 4.78 is 32.0. The van der Waals surface area contributed by atoms with Gasteiger partial charge in [0.05, 0.1) is 18.1 Å². The van der Waals surface area contributed by atoms with Crippen LogP contribution in [0, 0.1) is 13.8 Å². The summed E-state index contributed by atoms with van der Waals surface area (Å²) in [5.41, 5.74) is 3.69. The van der Waals surface area contributed by atoms with Gasteiger partial charge in [-0.1, -0.05) is 17.7 Å². The first-order valence-electron chi connectivity index (χ1n) is 9.60. The van der Waals surface area contributed by atoms with Gasteiger partial charge in [0.25, 0.3) is 0 Å². The van der Waals surface area contributed by atoms with Gasteiger partial charge in [-0.3, -0.25) is 4.79 Å². The molecule has 2 aromatic carbocycles. The van der Waals surface area contributed by atoms with Crippen molar-refractivity contribution in [2.45, 2.75) is 31.7 Å². The van der Waals surface area contributed by atoms with Gasteiger partial charge in [-0.2, -0.15) is 4.31 Å². The molecule has 1 heterocycles. The Labute approximate surface area is 172 Å². The number of anilines is 2. The summed E-state index contributed by atoms with van der Waals surface area (Å²) in [5.74, 6) is -0.200. The molecule has 1 fully saturated rings. The Morgan fingerprint density at radius 2 is 1.72 bits per heavy atom. The molecule has 1 saturated heterocycles. The van der Waals surface area contributed by atoms with Gasteiger partial charge >= 0.3 is 0 Å². The minimum absolute atomic E-state index is 0.200. The largest absolute Gasteiger partial charge is 0.379 e. The Bertz CT molecular complexity index is 968. The Kier molecular flexibility index (Phi) is 6.56. The number of hydrogen-bond donors (Lipinski definition) is 2. The summed E-state index contributed by atoms with van der Waals surface area (Å²) in [4.78, 5) is 12.7. The van der Waals surface area contributed by atoms with Gasteiger partial charge in [-0.15, -0.1) is 0 Å². The lowest BCUT2D eigenvalue weighted by Crippen LogP contribution is -2.40. The molecule has 3 rings (SSSR count). The van der Waals surface area contributed by atoms with Crippen molar-refractivity contribution in [3.8, 4) is 0 Å². The minimum atomic E-state index is -3.54. The van der Waals surface area contributed by atoms with Crippen LogP contribution in [-0.2, 0) is 19.6 Å². The van der Waals surface area contributed by atoms with Crippen LogP contribution in [-0.4, -0.2) is 51.0 Å². The second kappa shape index (κ2) is 8.94. The van der Waals surface area contributed by atoms with Crippen LogP contribution in [0.3, 0.4) is 0 Å². The average Bonchev–Trinajstić information content (AvgIpc) is 2.71. The van der Waals surface area contributed by atoms with Crippen molar-refractivity contribution in [1.29, 1.82) is 0 Å². The molecule has 0 aromatic heterocycles. The zero-order valence-electron chi connectivity index (χ0n) is 16.9. The third-order valence-electron chi connectivity index (χ3n) is 4.88. The van der Waals surface area contributed by atoms with Crippen molar-refractivity contribution >= 4 is 27.3 Å². The summed E-state index contributed by atoms with van der Waals surface area (Å²) in [6.07, 6.45) is 0.